The van der Waals surface area contributed by atoms with E-state index in [1.54, 1.807) is 13.0 Å². The predicted octanol–water partition coefficient (Wildman–Crippen LogP) is 1.23. The molecule has 3 fully saturated rings. The molecule has 7 atom stereocenters. The number of epoxide rings is 1. The Kier molecular flexibility index (Phi) is 5.10. The fourth-order valence-corrected chi connectivity index (χ4v) is 5.14. The Morgan fingerprint density at radius 1 is 1.37 bits per heavy atom. The molecular formula is C22H26O8. The van der Waals surface area contributed by atoms with E-state index in [1.165, 1.54) is 13.0 Å². The number of rotatable bonds is 4. The number of carbonyl (C=O) groups excluding carboxylic acids is 3. The highest BCUT2D eigenvalue weighted by Crippen LogP contribution is 2.58. The topological polar surface area (TPSA) is 112 Å². The van der Waals surface area contributed by atoms with Gasteiger partial charge in [0.25, 0.3) is 0 Å². The molecule has 1 N–H and O–H groups in total. The highest BCUT2D eigenvalue weighted by Gasteiger charge is 2.67. The summed E-state index contributed by atoms with van der Waals surface area (Å²) in [7, 11) is 0. The van der Waals surface area contributed by atoms with Crippen LogP contribution in [0.2, 0.25) is 0 Å². The first-order chi connectivity index (χ1) is 14.1. The van der Waals surface area contributed by atoms with Crippen LogP contribution >= 0.6 is 0 Å². The summed E-state index contributed by atoms with van der Waals surface area (Å²) in [5, 5.41) is 10.7. The van der Waals surface area contributed by atoms with Crippen LogP contribution in [0.3, 0.4) is 0 Å². The van der Waals surface area contributed by atoms with E-state index in [9.17, 15) is 19.5 Å². The first-order valence-corrected chi connectivity index (χ1v) is 10.1. The molecule has 0 unspecified atom stereocenters. The highest BCUT2D eigenvalue weighted by molar-refractivity contribution is 5.92. The summed E-state index contributed by atoms with van der Waals surface area (Å²) < 4.78 is 22.1. The molecule has 8 heteroatoms. The van der Waals surface area contributed by atoms with Gasteiger partial charge >= 0.3 is 17.9 Å². The lowest BCUT2D eigenvalue weighted by Crippen LogP contribution is -2.39. The molecule has 2 aliphatic carbocycles. The van der Waals surface area contributed by atoms with E-state index in [4.69, 9.17) is 18.9 Å². The van der Waals surface area contributed by atoms with Crippen LogP contribution in [0.1, 0.15) is 27.2 Å². The smallest absolute Gasteiger partial charge is 0.334 e. The summed E-state index contributed by atoms with van der Waals surface area (Å²) in [6.45, 7) is 9.07. The molecule has 1 spiro atoms. The Bertz CT molecular complexity index is 864. The van der Waals surface area contributed by atoms with Crippen molar-refractivity contribution in [2.45, 2.75) is 51.1 Å². The minimum Gasteiger partial charge on any atom is -0.462 e. The zero-order chi connectivity index (χ0) is 21.8. The molecule has 1 saturated carbocycles. The monoisotopic (exact) mass is 418 g/mol. The lowest BCUT2D eigenvalue weighted by molar-refractivity contribution is -0.149. The third-order valence-electron chi connectivity index (χ3n) is 6.66. The minimum atomic E-state index is -0.717. The first-order valence-electron chi connectivity index (χ1n) is 10.1. The molecule has 162 valence electrons. The molecule has 8 nitrogen and oxygen atoms in total. The zero-order valence-electron chi connectivity index (χ0n) is 17.3. The summed E-state index contributed by atoms with van der Waals surface area (Å²) in [6.07, 6.45) is 1.62. The van der Waals surface area contributed by atoms with Crippen LogP contribution in [0.4, 0.5) is 0 Å². The highest BCUT2D eigenvalue weighted by atomic mass is 16.6. The average molecular weight is 418 g/mol. The largest absolute Gasteiger partial charge is 0.462 e. The predicted molar refractivity (Wildman–Crippen MR) is 103 cm³/mol. The van der Waals surface area contributed by atoms with E-state index in [-0.39, 0.29) is 29.6 Å². The van der Waals surface area contributed by atoms with Crippen LogP contribution < -0.4 is 0 Å². The Morgan fingerprint density at radius 2 is 2.07 bits per heavy atom. The lowest BCUT2D eigenvalue weighted by atomic mass is 9.77. The quantitative estimate of drug-likeness (QED) is 0.239. The summed E-state index contributed by atoms with van der Waals surface area (Å²) in [4.78, 5) is 35.9. The van der Waals surface area contributed by atoms with Crippen LogP contribution in [0.25, 0.3) is 0 Å². The SMILES string of the molecule is C=C1C(=O)O[C@@H]2[C@H]3C(C)=C[C@@H](O)[C@H]3[C@@]3(CO3)C[C@@H](OC(=O)/C(C)=C\COC(C)=O)[C@@H]12. The Hall–Kier alpha value is -2.45. The number of esters is 3. The summed E-state index contributed by atoms with van der Waals surface area (Å²) in [5.41, 5.74) is 0.861. The maximum Gasteiger partial charge on any atom is 0.334 e. The second-order valence-electron chi connectivity index (χ2n) is 8.56. The van der Waals surface area contributed by atoms with E-state index in [1.807, 2.05) is 6.92 Å². The molecule has 4 aliphatic rings. The van der Waals surface area contributed by atoms with Crippen molar-refractivity contribution in [1.29, 1.82) is 0 Å². The first kappa shape index (κ1) is 20.8. The van der Waals surface area contributed by atoms with Gasteiger partial charge in [0.1, 0.15) is 24.4 Å². The Balaban J connectivity index is 1.61. The van der Waals surface area contributed by atoms with Crippen LogP contribution in [0.15, 0.2) is 35.5 Å². The average Bonchev–Trinajstić information content (AvgIpc) is 3.30. The van der Waals surface area contributed by atoms with Gasteiger partial charge in [-0.25, -0.2) is 9.59 Å². The van der Waals surface area contributed by atoms with Crippen LogP contribution in [0, 0.1) is 17.8 Å². The number of carbonyl (C=O) groups is 3. The van der Waals surface area contributed by atoms with Crippen molar-refractivity contribution >= 4 is 17.9 Å². The van der Waals surface area contributed by atoms with Gasteiger partial charge in [0.2, 0.25) is 0 Å². The molecule has 0 amide bonds. The summed E-state index contributed by atoms with van der Waals surface area (Å²) in [5.74, 6) is -2.54. The van der Waals surface area contributed by atoms with Crippen molar-refractivity contribution in [3.63, 3.8) is 0 Å². The fourth-order valence-electron chi connectivity index (χ4n) is 5.14. The van der Waals surface area contributed by atoms with Gasteiger partial charge in [-0.15, -0.1) is 0 Å². The van der Waals surface area contributed by atoms with Crippen molar-refractivity contribution in [1.82, 2.24) is 0 Å². The third-order valence-corrected chi connectivity index (χ3v) is 6.66. The van der Waals surface area contributed by atoms with Crippen LogP contribution in [-0.4, -0.2) is 60.1 Å². The van der Waals surface area contributed by atoms with Crippen molar-refractivity contribution in [3.05, 3.63) is 35.5 Å². The molecule has 4 rings (SSSR count). The molecule has 30 heavy (non-hydrogen) atoms. The minimum absolute atomic E-state index is 0.0331. The molecule has 0 bridgehead atoms. The number of fused-ring (bicyclic) bond motifs is 4. The van der Waals surface area contributed by atoms with Crippen molar-refractivity contribution < 1.29 is 38.4 Å². The van der Waals surface area contributed by atoms with Gasteiger partial charge in [-0.1, -0.05) is 18.2 Å². The Labute approximate surface area is 174 Å². The third kappa shape index (κ3) is 3.37. The van der Waals surface area contributed by atoms with E-state index >= 15 is 0 Å². The van der Waals surface area contributed by atoms with Gasteiger partial charge in [0, 0.05) is 36.3 Å². The fraction of sp³-hybridized carbons (Fsp3) is 0.591. The molecule has 0 aromatic heterocycles. The van der Waals surface area contributed by atoms with Crippen molar-refractivity contribution in [3.8, 4) is 0 Å². The molecule has 2 heterocycles. The molecular weight excluding hydrogens is 392 g/mol. The normalized spacial score (nSPS) is 39.6. The van der Waals surface area contributed by atoms with Crippen molar-refractivity contribution in [2.24, 2.45) is 17.8 Å². The van der Waals surface area contributed by atoms with E-state index in [0.717, 1.165) is 5.57 Å². The van der Waals surface area contributed by atoms with Crippen LogP contribution in [-0.2, 0) is 33.3 Å². The molecule has 2 saturated heterocycles. The van der Waals surface area contributed by atoms with Crippen molar-refractivity contribution in [2.75, 3.05) is 13.2 Å². The number of hydrogen-bond donors (Lipinski definition) is 1. The van der Waals surface area contributed by atoms with Gasteiger partial charge in [0.05, 0.1) is 18.6 Å². The molecule has 0 radical (unpaired) electrons. The van der Waals surface area contributed by atoms with E-state index in [2.05, 4.69) is 6.58 Å². The van der Waals surface area contributed by atoms with Gasteiger partial charge in [-0.05, 0) is 19.9 Å². The zero-order valence-corrected chi connectivity index (χ0v) is 17.3. The van der Waals surface area contributed by atoms with Gasteiger partial charge in [0.15, 0.2) is 0 Å². The maximum absolute atomic E-state index is 12.7. The molecule has 2 aliphatic heterocycles. The van der Waals surface area contributed by atoms with E-state index < -0.39 is 47.7 Å². The van der Waals surface area contributed by atoms with E-state index in [0.29, 0.717) is 13.0 Å². The number of aliphatic hydroxyl groups excluding tert-OH is 1. The molecule has 0 aromatic rings. The summed E-state index contributed by atoms with van der Waals surface area (Å²) >= 11 is 0. The Morgan fingerprint density at radius 3 is 2.70 bits per heavy atom. The number of aliphatic hydroxyl groups is 1. The number of ether oxygens (including phenoxy) is 4. The standard InChI is InChI=1S/C22H26O8/c1-10(5-6-27-13(4)23)20(25)29-15-8-22(9-28-22)18-14(24)7-11(2)16(18)19-17(15)12(3)21(26)30-19/h5,7,14-19,24H,3,6,8-9H2,1-2,4H3/b10-5-/t14-,15-,16+,17-,18-,19-,22+/m1/s1. The van der Waals surface area contributed by atoms with Gasteiger partial charge in [-0.2, -0.15) is 0 Å². The summed E-state index contributed by atoms with van der Waals surface area (Å²) in [6, 6.07) is 0. The van der Waals surface area contributed by atoms with Gasteiger partial charge < -0.3 is 24.1 Å². The number of hydrogen-bond acceptors (Lipinski definition) is 8. The maximum atomic E-state index is 12.7. The molecule has 0 aromatic carbocycles. The second kappa shape index (κ2) is 7.35. The van der Waals surface area contributed by atoms with Crippen LogP contribution in [0.5, 0.6) is 0 Å². The lowest BCUT2D eigenvalue weighted by Gasteiger charge is -2.30. The van der Waals surface area contributed by atoms with Gasteiger partial charge in [-0.3, -0.25) is 4.79 Å². The second-order valence-corrected chi connectivity index (χ2v) is 8.56.